The second kappa shape index (κ2) is 32.3. The average Bonchev–Trinajstić information content (AvgIpc) is 0.795. The maximum atomic E-state index is 14.4. The zero-order valence-electron chi connectivity index (χ0n) is 54.3. The number of rotatable bonds is 22. The van der Waals surface area contributed by atoms with E-state index in [1.807, 2.05) is 41.0 Å². The lowest BCUT2D eigenvalue weighted by Gasteiger charge is -2.43. The van der Waals surface area contributed by atoms with Crippen LogP contribution in [0.5, 0.6) is 0 Å². The molecule has 496 valence electrons. The van der Waals surface area contributed by atoms with Crippen LogP contribution in [0, 0.1) is 48.8 Å². The van der Waals surface area contributed by atoms with E-state index in [2.05, 4.69) is 82.2 Å². The van der Waals surface area contributed by atoms with Gasteiger partial charge in [0.05, 0.1) is 48.8 Å². The predicted molar refractivity (Wildman–Crippen MR) is 356 cm³/mol. The van der Waals surface area contributed by atoms with Crippen LogP contribution in [0.25, 0.3) is 0 Å². The molecule has 0 spiro atoms. The number of ether oxygens (including phenoxy) is 3. The van der Waals surface area contributed by atoms with Gasteiger partial charge in [0.1, 0.15) is 29.9 Å². The predicted octanol–water partition coefficient (Wildman–Crippen LogP) is 16.0. The fourth-order valence-corrected chi connectivity index (χ4v) is 14.2. The van der Waals surface area contributed by atoms with Gasteiger partial charge in [-0.1, -0.05) is 111 Å². The molecule has 4 aliphatic heterocycles. The van der Waals surface area contributed by atoms with E-state index in [1.165, 1.54) is 72.9 Å². The van der Waals surface area contributed by atoms with Crippen molar-refractivity contribution in [3.05, 3.63) is 235 Å². The standard InChI is InChI=1S/C39H47F2N3O3.C36H39F4N3O2.CH4/c1-27-13-16-31(17-14-27)39(32-12-8-7-11-28(32)2)19-23-43(24-20-39)21-9-6-10-22-44-35(26-46-4)42-29(3)36(38(45)47-5)37(44)30-15-18-33(40)34(41)25-30;1-24-33(35(44)45-3)34(26-7-16-31(39)32(40)23-26)43(25(2)41-24)20-6-4-5-19-42-21-17-36(18-22-42,27-8-12-29(37)13-9-27)28-10-14-30(38)15-11-28;/h7-8,11-18,25,37H,6,9-10,19-24,26H2,1-5H3;7-16,23,34H,4-6,17-22H2,1-3H3;1H4. The van der Waals surface area contributed by atoms with Crippen LogP contribution in [0.2, 0.25) is 0 Å². The summed E-state index contributed by atoms with van der Waals surface area (Å²) in [5, 5.41) is 0. The summed E-state index contributed by atoms with van der Waals surface area (Å²) in [6.45, 7) is 16.8. The van der Waals surface area contributed by atoms with E-state index in [9.17, 15) is 35.9 Å². The van der Waals surface area contributed by atoms with Crippen LogP contribution in [0.1, 0.15) is 149 Å². The summed E-state index contributed by atoms with van der Waals surface area (Å²) >= 11 is 0. The topological polar surface area (TPSA) is 99.5 Å². The van der Waals surface area contributed by atoms with Gasteiger partial charge < -0.3 is 33.8 Å². The number of hydrogen-bond acceptors (Lipinski definition) is 11. The molecule has 0 bridgehead atoms. The Labute approximate surface area is 545 Å². The number of amidine groups is 2. The molecule has 4 aliphatic rings. The van der Waals surface area contributed by atoms with Gasteiger partial charge in [-0.15, -0.1) is 0 Å². The molecule has 93 heavy (non-hydrogen) atoms. The van der Waals surface area contributed by atoms with Gasteiger partial charge in [-0.2, -0.15) is 0 Å². The Morgan fingerprint density at radius 3 is 1.37 bits per heavy atom. The summed E-state index contributed by atoms with van der Waals surface area (Å²) in [6, 6.07) is 37.4. The van der Waals surface area contributed by atoms with Crippen molar-refractivity contribution in [2.24, 2.45) is 9.98 Å². The number of hydrogen-bond donors (Lipinski definition) is 0. The third-order valence-corrected chi connectivity index (χ3v) is 19.2. The van der Waals surface area contributed by atoms with Crippen molar-refractivity contribution in [1.82, 2.24) is 19.6 Å². The molecule has 2 unspecified atom stereocenters. The van der Waals surface area contributed by atoms with Crippen LogP contribution >= 0.6 is 0 Å². The highest BCUT2D eigenvalue weighted by molar-refractivity contribution is 5.96. The van der Waals surface area contributed by atoms with Crippen LogP contribution in [0.15, 0.2) is 166 Å². The Balaban J connectivity index is 0.000000237. The largest absolute Gasteiger partial charge is 0.466 e. The first kappa shape index (κ1) is 71.0. The van der Waals surface area contributed by atoms with E-state index in [0.717, 1.165) is 139 Å². The number of carbonyl (C=O) groups is 2. The van der Waals surface area contributed by atoms with Gasteiger partial charge in [0.2, 0.25) is 0 Å². The number of esters is 2. The Kier molecular flexibility index (Phi) is 24.7. The number of piperidine rings is 2. The molecule has 17 heteroatoms. The monoisotopic (exact) mass is 1280 g/mol. The van der Waals surface area contributed by atoms with E-state index in [1.54, 1.807) is 21.0 Å². The number of allylic oxidation sites excluding steroid dienone is 2. The van der Waals surface area contributed by atoms with Gasteiger partial charge in [0.15, 0.2) is 23.3 Å². The number of nitrogens with zero attached hydrogens (tertiary/aromatic N) is 6. The van der Waals surface area contributed by atoms with Crippen LogP contribution in [0.3, 0.4) is 0 Å². The Morgan fingerprint density at radius 1 is 0.484 bits per heavy atom. The minimum absolute atomic E-state index is 0. The molecule has 0 aliphatic carbocycles. The normalized spacial score (nSPS) is 18.3. The highest BCUT2D eigenvalue weighted by Gasteiger charge is 2.42. The van der Waals surface area contributed by atoms with Gasteiger partial charge in [-0.25, -0.2) is 45.9 Å². The second-order valence-electron chi connectivity index (χ2n) is 24.8. The van der Waals surface area contributed by atoms with Crippen LogP contribution in [-0.2, 0) is 34.6 Å². The minimum Gasteiger partial charge on any atom is -0.466 e. The first-order chi connectivity index (χ1) is 44.3. The van der Waals surface area contributed by atoms with E-state index in [4.69, 9.17) is 14.2 Å². The molecule has 6 aromatic rings. The molecule has 10 rings (SSSR count). The van der Waals surface area contributed by atoms with Crippen molar-refractivity contribution >= 4 is 23.6 Å². The molecule has 6 aromatic carbocycles. The van der Waals surface area contributed by atoms with Gasteiger partial charge >= 0.3 is 11.9 Å². The maximum Gasteiger partial charge on any atom is 0.338 e. The lowest BCUT2D eigenvalue weighted by atomic mass is 9.66. The highest BCUT2D eigenvalue weighted by Crippen LogP contribution is 2.45. The summed E-state index contributed by atoms with van der Waals surface area (Å²) in [5.41, 5.74) is 9.78. The number of benzene rings is 6. The molecule has 2 atom stereocenters. The Bertz CT molecular complexity index is 3600. The lowest BCUT2D eigenvalue weighted by molar-refractivity contribution is -0.137. The van der Waals surface area contributed by atoms with E-state index < -0.39 is 47.3 Å². The number of unbranched alkanes of at least 4 members (excludes halogenated alkanes) is 4. The third-order valence-electron chi connectivity index (χ3n) is 19.2. The number of likely N-dealkylation sites (tertiary alicyclic amines) is 2. The molecular formula is C76H90F6N6O5. The van der Waals surface area contributed by atoms with Crippen molar-refractivity contribution in [1.29, 1.82) is 0 Å². The Morgan fingerprint density at radius 2 is 0.903 bits per heavy atom. The van der Waals surface area contributed by atoms with Gasteiger partial charge in [-0.05, 0) is 213 Å². The molecule has 0 saturated carbocycles. The van der Waals surface area contributed by atoms with Crippen molar-refractivity contribution in [2.45, 2.75) is 129 Å². The molecule has 0 N–H and O–H groups in total. The summed E-state index contributed by atoms with van der Waals surface area (Å²) in [4.78, 5) is 44.0. The fraction of sp³-hybridized carbons (Fsp3) is 0.421. The molecule has 2 saturated heterocycles. The zero-order chi connectivity index (χ0) is 65.7. The first-order valence-electron chi connectivity index (χ1n) is 32.0. The molecule has 0 amide bonds. The van der Waals surface area contributed by atoms with Crippen molar-refractivity contribution < 1.29 is 50.1 Å². The third kappa shape index (κ3) is 16.4. The van der Waals surface area contributed by atoms with Crippen molar-refractivity contribution in [2.75, 3.05) is 80.3 Å². The van der Waals surface area contributed by atoms with Crippen molar-refractivity contribution in [3.63, 3.8) is 0 Å². The quantitative estimate of drug-likeness (QED) is 0.0374. The zero-order valence-corrected chi connectivity index (χ0v) is 54.3. The number of aryl methyl sites for hydroxylation is 2. The fourth-order valence-electron chi connectivity index (χ4n) is 14.2. The van der Waals surface area contributed by atoms with Gasteiger partial charge in [0, 0.05) is 31.0 Å². The molecular weight excluding hydrogens is 1190 g/mol. The molecule has 0 radical (unpaired) electrons. The molecule has 11 nitrogen and oxygen atoms in total. The van der Waals surface area contributed by atoms with Crippen LogP contribution in [0.4, 0.5) is 26.3 Å². The first-order valence-corrected chi connectivity index (χ1v) is 32.0. The van der Waals surface area contributed by atoms with E-state index in [-0.39, 0.29) is 36.5 Å². The molecule has 0 aromatic heterocycles. The summed E-state index contributed by atoms with van der Waals surface area (Å²) < 4.78 is 99.5. The van der Waals surface area contributed by atoms with Crippen molar-refractivity contribution in [3.8, 4) is 0 Å². The highest BCUT2D eigenvalue weighted by atomic mass is 19.2. The van der Waals surface area contributed by atoms with Gasteiger partial charge in [0.25, 0.3) is 0 Å². The minimum atomic E-state index is -0.973. The maximum absolute atomic E-state index is 14.4. The van der Waals surface area contributed by atoms with Crippen LogP contribution < -0.4 is 0 Å². The smallest absolute Gasteiger partial charge is 0.338 e. The second-order valence-corrected chi connectivity index (χ2v) is 24.8. The van der Waals surface area contributed by atoms with E-state index >= 15 is 0 Å². The van der Waals surface area contributed by atoms with Crippen LogP contribution in [-0.4, -0.2) is 124 Å². The molecule has 2 fully saturated rings. The SMILES string of the molecule is C.COC(=O)C1=C(C)N=C(C)N(CCCCCN2CCC(c3ccc(F)cc3)(c3ccc(F)cc3)CC2)C1c1ccc(F)c(F)c1.COCC1=NC(C)=C(C(=O)OC)C(c2ccc(F)c(F)c2)N1CCCCCN1CCC(c2ccc(C)cc2)(c2ccccc2C)CC1. The number of methoxy groups -OCH3 is 3. The Hall–Kier alpha value is -7.86. The summed E-state index contributed by atoms with van der Waals surface area (Å²) in [5.74, 6) is -4.12. The average molecular weight is 1280 g/mol. The van der Waals surface area contributed by atoms with E-state index in [0.29, 0.717) is 58.4 Å². The number of halogens is 6. The van der Waals surface area contributed by atoms with Gasteiger partial charge in [-0.3, -0.25) is 0 Å². The summed E-state index contributed by atoms with van der Waals surface area (Å²) in [6.07, 6.45) is 9.34. The number of carbonyl (C=O) groups excluding carboxylic acids is 2. The summed E-state index contributed by atoms with van der Waals surface area (Å²) in [7, 11) is 4.20. The lowest BCUT2D eigenvalue weighted by Crippen LogP contribution is -2.44. The number of aliphatic imine (C=N–C) groups is 2. The molecule has 4 heterocycles.